The highest BCUT2D eigenvalue weighted by molar-refractivity contribution is 5.85. The third-order valence-electron chi connectivity index (χ3n) is 5.20. The molecule has 1 aromatic heterocycles. The Labute approximate surface area is 154 Å². The number of para-hydroxylation sites is 1. The van der Waals surface area contributed by atoms with Crippen LogP contribution in [-0.4, -0.2) is 30.1 Å². The number of nitrogens with zero attached hydrogens (tertiary/aromatic N) is 2. The lowest BCUT2D eigenvalue weighted by atomic mass is 10.1. The van der Waals surface area contributed by atoms with Crippen molar-refractivity contribution >= 4 is 11.6 Å². The Kier molecular flexibility index (Phi) is 4.78. The molecule has 1 aliphatic heterocycles. The van der Waals surface area contributed by atoms with Crippen molar-refractivity contribution in [1.29, 1.82) is 0 Å². The molecule has 5 heteroatoms. The fourth-order valence-corrected chi connectivity index (χ4v) is 3.33. The molecule has 1 amide bonds. The molecule has 1 unspecified atom stereocenters. The molecular formula is C21H25N3O2. The summed E-state index contributed by atoms with van der Waals surface area (Å²) in [5.41, 5.74) is 3.47. The summed E-state index contributed by atoms with van der Waals surface area (Å²) >= 11 is 0. The van der Waals surface area contributed by atoms with Crippen molar-refractivity contribution in [3.05, 3.63) is 53.7 Å². The topological polar surface area (TPSA) is 54.5 Å². The lowest BCUT2D eigenvalue weighted by molar-refractivity contribution is -0.122. The first-order valence-electron chi connectivity index (χ1n) is 9.40. The van der Waals surface area contributed by atoms with Gasteiger partial charge in [-0.15, -0.1) is 0 Å². The van der Waals surface area contributed by atoms with Crippen LogP contribution in [0.4, 0.5) is 5.69 Å². The van der Waals surface area contributed by atoms with Gasteiger partial charge in [-0.2, -0.15) is 0 Å². The number of hydrogen-bond acceptors (Lipinski definition) is 4. The number of ether oxygens (including phenoxy) is 1. The molecule has 0 saturated heterocycles. The normalized spacial score (nSPS) is 16.9. The summed E-state index contributed by atoms with van der Waals surface area (Å²) < 4.78 is 5.64. The molecule has 136 valence electrons. The first kappa shape index (κ1) is 16.9. The molecule has 0 radical (unpaired) electrons. The molecule has 2 aromatic rings. The number of aromatic nitrogens is 1. The van der Waals surface area contributed by atoms with E-state index >= 15 is 0 Å². The van der Waals surface area contributed by atoms with Gasteiger partial charge in [0, 0.05) is 31.0 Å². The standard InChI is InChI=1S/C21H25N3O2/c1-15(24-11-10-18-4-2-3-5-19(18)24)21(25)23-13-17-8-9-20(22-12-17)26-14-16-6-7-16/h2-5,8-9,12,15-16H,6-7,10-11,13-14H2,1H3,(H,23,25). The molecule has 0 spiro atoms. The average molecular weight is 351 g/mol. The summed E-state index contributed by atoms with van der Waals surface area (Å²) in [7, 11) is 0. The van der Waals surface area contributed by atoms with E-state index in [1.165, 1.54) is 24.1 Å². The predicted octanol–water partition coefficient (Wildman–Crippen LogP) is 2.94. The number of fused-ring (bicyclic) bond motifs is 1. The van der Waals surface area contributed by atoms with E-state index in [0.29, 0.717) is 18.3 Å². The van der Waals surface area contributed by atoms with Crippen LogP contribution in [0, 0.1) is 5.92 Å². The van der Waals surface area contributed by atoms with Crippen LogP contribution in [-0.2, 0) is 17.8 Å². The maximum atomic E-state index is 12.6. The van der Waals surface area contributed by atoms with Crippen LogP contribution in [0.25, 0.3) is 0 Å². The smallest absolute Gasteiger partial charge is 0.242 e. The van der Waals surface area contributed by atoms with Gasteiger partial charge in [-0.3, -0.25) is 4.79 Å². The fourth-order valence-electron chi connectivity index (χ4n) is 3.33. The molecule has 2 aliphatic rings. The Morgan fingerprint density at radius 2 is 2.15 bits per heavy atom. The number of anilines is 1. The number of hydrogen-bond donors (Lipinski definition) is 1. The Bertz CT molecular complexity index is 771. The van der Waals surface area contributed by atoms with Crippen molar-refractivity contribution in [1.82, 2.24) is 10.3 Å². The van der Waals surface area contributed by atoms with Gasteiger partial charge < -0.3 is 15.0 Å². The fraction of sp³-hybridized carbons (Fsp3) is 0.429. The zero-order valence-corrected chi connectivity index (χ0v) is 15.1. The predicted molar refractivity (Wildman–Crippen MR) is 101 cm³/mol. The number of benzene rings is 1. The van der Waals surface area contributed by atoms with E-state index in [0.717, 1.165) is 25.1 Å². The van der Waals surface area contributed by atoms with E-state index in [2.05, 4.69) is 33.4 Å². The summed E-state index contributed by atoms with van der Waals surface area (Å²) in [6, 6.07) is 12.0. The maximum absolute atomic E-state index is 12.6. The SMILES string of the molecule is CC(C(=O)NCc1ccc(OCC2CC2)nc1)N1CCc2ccccc21. The van der Waals surface area contributed by atoms with Crippen molar-refractivity contribution < 1.29 is 9.53 Å². The summed E-state index contributed by atoms with van der Waals surface area (Å²) in [6.07, 6.45) is 5.31. The second-order valence-corrected chi connectivity index (χ2v) is 7.22. The van der Waals surface area contributed by atoms with Crippen molar-refractivity contribution in [2.75, 3.05) is 18.1 Å². The van der Waals surface area contributed by atoms with E-state index in [4.69, 9.17) is 4.74 Å². The van der Waals surface area contributed by atoms with E-state index in [9.17, 15) is 4.79 Å². The lowest BCUT2D eigenvalue weighted by Gasteiger charge is -2.26. The van der Waals surface area contributed by atoms with Crippen LogP contribution < -0.4 is 15.0 Å². The third-order valence-corrected chi connectivity index (χ3v) is 5.20. The summed E-state index contributed by atoms with van der Waals surface area (Å²) in [5.74, 6) is 1.41. The van der Waals surface area contributed by atoms with E-state index in [-0.39, 0.29) is 11.9 Å². The van der Waals surface area contributed by atoms with Crippen molar-refractivity contribution in [2.45, 2.75) is 38.8 Å². The summed E-state index contributed by atoms with van der Waals surface area (Å²) in [5, 5.41) is 3.02. The number of nitrogens with one attached hydrogen (secondary N) is 1. The maximum Gasteiger partial charge on any atom is 0.242 e. The molecule has 2 heterocycles. The molecule has 1 fully saturated rings. The number of amides is 1. The van der Waals surface area contributed by atoms with Crippen LogP contribution in [0.3, 0.4) is 0 Å². The number of pyridine rings is 1. The quantitative estimate of drug-likeness (QED) is 0.833. The summed E-state index contributed by atoms with van der Waals surface area (Å²) in [6.45, 7) is 4.10. The van der Waals surface area contributed by atoms with Gasteiger partial charge >= 0.3 is 0 Å². The minimum absolute atomic E-state index is 0.0377. The number of rotatable bonds is 7. The van der Waals surface area contributed by atoms with Gasteiger partial charge in [-0.25, -0.2) is 4.98 Å². The highest BCUT2D eigenvalue weighted by Gasteiger charge is 2.27. The number of carbonyl (C=O) groups excluding carboxylic acids is 1. The van der Waals surface area contributed by atoms with Crippen LogP contribution in [0.15, 0.2) is 42.6 Å². The third kappa shape index (κ3) is 3.82. The Balaban J connectivity index is 1.29. The van der Waals surface area contributed by atoms with Crippen molar-refractivity contribution in [3.63, 3.8) is 0 Å². The first-order valence-corrected chi connectivity index (χ1v) is 9.40. The lowest BCUT2D eigenvalue weighted by Crippen LogP contribution is -2.44. The average Bonchev–Trinajstić information content (AvgIpc) is 3.41. The molecular weight excluding hydrogens is 326 g/mol. The molecule has 1 atom stereocenters. The van der Waals surface area contributed by atoms with Gasteiger partial charge in [0.25, 0.3) is 0 Å². The van der Waals surface area contributed by atoms with Gasteiger partial charge in [0.2, 0.25) is 11.8 Å². The first-order chi connectivity index (χ1) is 12.7. The zero-order valence-electron chi connectivity index (χ0n) is 15.1. The largest absolute Gasteiger partial charge is 0.477 e. The minimum Gasteiger partial charge on any atom is -0.477 e. The zero-order chi connectivity index (χ0) is 17.9. The van der Waals surface area contributed by atoms with Crippen LogP contribution >= 0.6 is 0 Å². The molecule has 0 bridgehead atoms. The number of carbonyl (C=O) groups is 1. The molecule has 1 aliphatic carbocycles. The minimum atomic E-state index is -0.187. The molecule has 4 rings (SSSR count). The van der Waals surface area contributed by atoms with E-state index < -0.39 is 0 Å². The van der Waals surface area contributed by atoms with Gasteiger partial charge in [-0.1, -0.05) is 24.3 Å². The summed E-state index contributed by atoms with van der Waals surface area (Å²) in [4.78, 5) is 19.1. The Hall–Kier alpha value is -2.56. The highest BCUT2D eigenvalue weighted by atomic mass is 16.5. The molecule has 1 saturated carbocycles. The van der Waals surface area contributed by atoms with Gasteiger partial charge in [0.15, 0.2) is 0 Å². The Morgan fingerprint density at radius 1 is 1.31 bits per heavy atom. The second kappa shape index (κ2) is 7.36. The van der Waals surface area contributed by atoms with E-state index in [1.54, 1.807) is 6.20 Å². The van der Waals surface area contributed by atoms with Gasteiger partial charge in [0.05, 0.1) is 6.61 Å². The van der Waals surface area contributed by atoms with Crippen molar-refractivity contribution in [2.24, 2.45) is 5.92 Å². The van der Waals surface area contributed by atoms with Crippen LogP contribution in [0.2, 0.25) is 0 Å². The van der Waals surface area contributed by atoms with Gasteiger partial charge in [-0.05, 0) is 49.3 Å². The molecule has 1 N–H and O–H groups in total. The van der Waals surface area contributed by atoms with Crippen LogP contribution in [0.5, 0.6) is 5.88 Å². The Morgan fingerprint density at radius 3 is 2.92 bits per heavy atom. The highest BCUT2D eigenvalue weighted by Crippen LogP contribution is 2.30. The molecule has 26 heavy (non-hydrogen) atoms. The molecule has 1 aromatic carbocycles. The van der Waals surface area contributed by atoms with Crippen LogP contribution in [0.1, 0.15) is 30.9 Å². The monoisotopic (exact) mass is 351 g/mol. The van der Waals surface area contributed by atoms with Gasteiger partial charge in [0.1, 0.15) is 6.04 Å². The van der Waals surface area contributed by atoms with E-state index in [1.807, 2.05) is 25.1 Å². The molecule has 5 nitrogen and oxygen atoms in total. The second-order valence-electron chi connectivity index (χ2n) is 7.22. The van der Waals surface area contributed by atoms with Crippen molar-refractivity contribution in [3.8, 4) is 5.88 Å².